The Hall–Kier alpha value is -0.900. The zero-order valence-electron chi connectivity index (χ0n) is 19.6. The minimum absolute atomic E-state index is 0.0868. The third kappa shape index (κ3) is 65.7. The molecule has 3 N–H and O–H groups in total. The molecule has 0 heterocycles. The van der Waals surface area contributed by atoms with Crippen LogP contribution in [0.3, 0.4) is 0 Å². The van der Waals surface area contributed by atoms with Gasteiger partial charge in [-0.3, -0.25) is 4.79 Å². The lowest BCUT2D eigenvalue weighted by atomic mass is 10.2. The number of rotatable bonds is 10. The van der Waals surface area contributed by atoms with Crippen molar-refractivity contribution >= 4 is 12.2 Å². The molecule has 0 spiro atoms. The summed E-state index contributed by atoms with van der Waals surface area (Å²) >= 11 is 0. The molecule has 0 unspecified atom stereocenters. The fourth-order valence-electron chi connectivity index (χ4n) is 1.07. The molecule has 4 heteroatoms. The Morgan fingerprint density at radius 2 is 1.19 bits per heavy atom. The van der Waals surface area contributed by atoms with Gasteiger partial charge in [0.2, 0.25) is 5.91 Å². The summed E-state index contributed by atoms with van der Waals surface area (Å²) in [6.45, 7) is 19.9. The Kier molecular flexibility index (Phi) is 61.0. The Morgan fingerprint density at radius 3 is 1.35 bits per heavy atom. The Morgan fingerprint density at radius 1 is 0.808 bits per heavy atom. The molecule has 0 saturated carbocycles. The summed E-state index contributed by atoms with van der Waals surface area (Å²) in [6, 6.07) is -0.410. The molecular formula is C22H52N2O2. The zero-order chi connectivity index (χ0) is 21.6. The average molecular weight is 377 g/mol. The largest absolute Gasteiger partial charge is 0.370 e. The van der Waals surface area contributed by atoms with Crippen molar-refractivity contribution in [2.24, 2.45) is 5.73 Å². The number of carbonyl (C=O) groups is 2. The maximum Gasteiger partial charge on any atom is 0.219 e. The van der Waals surface area contributed by atoms with E-state index in [1.165, 1.54) is 44.9 Å². The molecule has 1 amide bonds. The van der Waals surface area contributed by atoms with E-state index in [1.807, 2.05) is 20.8 Å². The fourth-order valence-corrected chi connectivity index (χ4v) is 1.07. The molecule has 0 aliphatic heterocycles. The summed E-state index contributed by atoms with van der Waals surface area (Å²) in [7, 11) is 0. The van der Waals surface area contributed by atoms with E-state index in [2.05, 4.69) is 46.9 Å². The van der Waals surface area contributed by atoms with Gasteiger partial charge in [0.25, 0.3) is 0 Å². The summed E-state index contributed by atoms with van der Waals surface area (Å²) in [4.78, 5) is 20.6. The van der Waals surface area contributed by atoms with Crippen LogP contribution >= 0.6 is 0 Å². The third-order valence-corrected chi connectivity index (χ3v) is 2.95. The van der Waals surface area contributed by atoms with Crippen LogP contribution < -0.4 is 11.1 Å². The SMILES string of the molecule is CC.CCCC.CCCC.CCCCC.CCCN[C@H](C=O)CC(N)=O. The molecule has 0 aromatic heterocycles. The van der Waals surface area contributed by atoms with Crippen LogP contribution in [0.4, 0.5) is 0 Å². The van der Waals surface area contributed by atoms with Gasteiger partial charge in [0.1, 0.15) is 6.29 Å². The first-order chi connectivity index (χ1) is 12.4. The first kappa shape index (κ1) is 36.1. The van der Waals surface area contributed by atoms with E-state index in [9.17, 15) is 9.59 Å². The van der Waals surface area contributed by atoms with E-state index < -0.39 is 11.9 Å². The van der Waals surface area contributed by atoms with Gasteiger partial charge in [0, 0.05) is 6.42 Å². The maximum absolute atomic E-state index is 10.4. The normalized spacial score (nSPS) is 9.42. The highest BCUT2D eigenvalue weighted by atomic mass is 16.1. The second kappa shape index (κ2) is 44.0. The molecular weight excluding hydrogens is 324 g/mol. The number of hydrogen-bond donors (Lipinski definition) is 2. The van der Waals surface area contributed by atoms with Gasteiger partial charge in [0.05, 0.1) is 6.04 Å². The number of primary amides is 1. The fraction of sp³-hybridized carbons (Fsp3) is 0.909. The Balaban J connectivity index is -0.0000000820. The van der Waals surface area contributed by atoms with Crippen LogP contribution in [0.25, 0.3) is 0 Å². The molecule has 0 rings (SSSR count). The number of hydrogen-bond acceptors (Lipinski definition) is 3. The van der Waals surface area contributed by atoms with Gasteiger partial charge in [0.15, 0.2) is 0 Å². The first-order valence-electron chi connectivity index (χ1n) is 10.9. The van der Waals surface area contributed by atoms with Gasteiger partial charge in [-0.05, 0) is 13.0 Å². The molecule has 0 fully saturated rings. The molecule has 0 aliphatic carbocycles. The minimum atomic E-state index is -0.453. The van der Waals surface area contributed by atoms with E-state index in [0.29, 0.717) is 6.29 Å². The van der Waals surface area contributed by atoms with Gasteiger partial charge in [-0.1, -0.05) is 107 Å². The standard InChI is InChI=1S/C7H14N2O2.C5H12.2C4H10.C2H6/c1-2-3-9-6(5-10)4-7(8)11;1-3-5-4-2;2*1-3-4-2;1-2/h5-6,9H,2-4H2,1H3,(H2,8,11);3-5H2,1-2H3;2*3-4H2,1-2H3;1-2H3/t6-;;;;/m0..../s1. The van der Waals surface area contributed by atoms with Gasteiger partial charge in [-0.15, -0.1) is 0 Å². The van der Waals surface area contributed by atoms with Crippen molar-refractivity contribution < 1.29 is 9.59 Å². The predicted octanol–water partition coefficient (Wildman–Crippen LogP) is 6.26. The summed E-state index contributed by atoms with van der Waals surface area (Å²) in [5.41, 5.74) is 4.90. The van der Waals surface area contributed by atoms with Crippen molar-refractivity contribution in [3.05, 3.63) is 0 Å². The molecule has 0 bridgehead atoms. The van der Waals surface area contributed by atoms with E-state index in [1.54, 1.807) is 0 Å². The second-order valence-electron chi connectivity index (χ2n) is 5.72. The van der Waals surface area contributed by atoms with Gasteiger partial charge in [-0.25, -0.2) is 0 Å². The smallest absolute Gasteiger partial charge is 0.219 e. The average Bonchev–Trinajstić information content (AvgIpc) is 2.68. The molecule has 0 radical (unpaired) electrons. The lowest BCUT2D eigenvalue weighted by Crippen LogP contribution is -2.35. The van der Waals surface area contributed by atoms with Gasteiger partial charge < -0.3 is 15.8 Å². The number of carbonyl (C=O) groups excluding carboxylic acids is 2. The topological polar surface area (TPSA) is 72.2 Å². The number of aldehydes is 1. The Bertz CT molecular complexity index is 212. The highest BCUT2D eigenvalue weighted by Gasteiger charge is 2.08. The van der Waals surface area contributed by atoms with E-state index in [-0.39, 0.29) is 6.42 Å². The lowest BCUT2D eigenvalue weighted by molar-refractivity contribution is -0.120. The number of nitrogens with one attached hydrogen (secondary N) is 1. The highest BCUT2D eigenvalue weighted by Crippen LogP contribution is 1.88. The molecule has 0 aromatic rings. The van der Waals surface area contributed by atoms with E-state index >= 15 is 0 Å². The number of unbranched alkanes of at least 4 members (excludes halogenated alkanes) is 4. The summed E-state index contributed by atoms with van der Waals surface area (Å²) in [5, 5.41) is 2.88. The van der Waals surface area contributed by atoms with Crippen molar-refractivity contribution in [2.45, 2.75) is 126 Å². The Labute approximate surface area is 166 Å². The quantitative estimate of drug-likeness (QED) is 0.442. The number of amides is 1. The van der Waals surface area contributed by atoms with E-state index in [4.69, 9.17) is 5.73 Å². The van der Waals surface area contributed by atoms with E-state index in [0.717, 1.165) is 13.0 Å². The molecule has 0 aromatic carbocycles. The second-order valence-corrected chi connectivity index (χ2v) is 5.72. The molecule has 26 heavy (non-hydrogen) atoms. The molecule has 1 atom stereocenters. The molecule has 0 aliphatic rings. The van der Waals surface area contributed by atoms with Crippen LogP contribution in [0.1, 0.15) is 120 Å². The van der Waals surface area contributed by atoms with Crippen molar-refractivity contribution in [3.8, 4) is 0 Å². The molecule has 4 nitrogen and oxygen atoms in total. The first-order valence-corrected chi connectivity index (χ1v) is 10.9. The maximum atomic E-state index is 10.4. The summed E-state index contributed by atoms with van der Waals surface area (Å²) in [6.07, 6.45) is 11.1. The minimum Gasteiger partial charge on any atom is -0.370 e. The van der Waals surface area contributed by atoms with Crippen LogP contribution in [-0.2, 0) is 9.59 Å². The monoisotopic (exact) mass is 376 g/mol. The number of nitrogens with two attached hydrogens (primary N) is 1. The van der Waals surface area contributed by atoms with Crippen LogP contribution in [0.5, 0.6) is 0 Å². The van der Waals surface area contributed by atoms with Crippen LogP contribution in [0, 0.1) is 0 Å². The van der Waals surface area contributed by atoms with Crippen molar-refractivity contribution in [1.82, 2.24) is 5.32 Å². The lowest BCUT2D eigenvalue weighted by Gasteiger charge is -2.08. The van der Waals surface area contributed by atoms with Crippen molar-refractivity contribution in [2.75, 3.05) is 6.54 Å². The highest BCUT2D eigenvalue weighted by molar-refractivity contribution is 5.78. The third-order valence-electron chi connectivity index (χ3n) is 2.95. The molecule has 0 saturated heterocycles. The van der Waals surface area contributed by atoms with Gasteiger partial charge >= 0.3 is 0 Å². The van der Waals surface area contributed by atoms with Crippen molar-refractivity contribution in [1.29, 1.82) is 0 Å². The van der Waals surface area contributed by atoms with Crippen LogP contribution in [-0.4, -0.2) is 24.8 Å². The van der Waals surface area contributed by atoms with Crippen LogP contribution in [0.2, 0.25) is 0 Å². The van der Waals surface area contributed by atoms with Crippen molar-refractivity contribution in [3.63, 3.8) is 0 Å². The van der Waals surface area contributed by atoms with Gasteiger partial charge in [-0.2, -0.15) is 0 Å². The predicted molar refractivity (Wildman–Crippen MR) is 120 cm³/mol. The summed E-state index contributed by atoms with van der Waals surface area (Å²) < 4.78 is 0. The molecule has 162 valence electrons. The summed E-state index contributed by atoms with van der Waals surface area (Å²) in [5.74, 6) is -0.453. The zero-order valence-corrected chi connectivity index (χ0v) is 19.6. The van der Waals surface area contributed by atoms with Crippen LogP contribution in [0.15, 0.2) is 0 Å².